The van der Waals surface area contributed by atoms with Crippen LogP contribution in [0.3, 0.4) is 0 Å². The molecule has 1 aliphatic rings. The first kappa shape index (κ1) is 11.0. The molecule has 0 aliphatic heterocycles. The third kappa shape index (κ3) is 4.63. The molecular formula is C11H23NO. The smallest absolute Gasteiger partial charge is 0.0543 e. The number of rotatable bonds is 3. The van der Waals surface area contributed by atoms with Gasteiger partial charge in [-0.3, -0.25) is 0 Å². The molecular weight excluding hydrogens is 162 g/mol. The van der Waals surface area contributed by atoms with Gasteiger partial charge in [-0.2, -0.15) is 0 Å². The molecule has 2 N–H and O–H groups in total. The quantitative estimate of drug-likeness (QED) is 0.702. The monoisotopic (exact) mass is 185 g/mol. The van der Waals surface area contributed by atoms with Gasteiger partial charge in [0.15, 0.2) is 0 Å². The van der Waals surface area contributed by atoms with Gasteiger partial charge in [0, 0.05) is 0 Å². The minimum absolute atomic E-state index is 0.0264. The topological polar surface area (TPSA) is 32.3 Å². The van der Waals surface area contributed by atoms with Crippen molar-refractivity contribution in [3.05, 3.63) is 0 Å². The maximum absolute atomic E-state index is 9.33. The summed E-state index contributed by atoms with van der Waals surface area (Å²) >= 11 is 0. The number of hydrogen-bond acceptors (Lipinski definition) is 2. The van der Waals surface area contributed by atoms with Gasteiger partial charge in [0.05, 0.1) is 6.10 Å². The van der Waals surface area contributed by atoms with Crippen LogP contribution < -0.4 is 5.32 Å². The summed E-state index contributed by atoms with van der Waals surface area (Å²) in [7, 11) is 0. The molecule has 1 fully saturated rings. The second-order valence-electron chi connectivity index (χ2n) is 5.52. The minimum Gasteiger partial charge on any atom is -0.393 e. The standard InChI is InChI=1S/C11H23NO/c1-11(2,3)8-12-7-9-4-5-10(13)6-9/h9-10,12-13H,4-8H2,1-3H3. The lowest BCUT2D eigenvalue weighted by Crippen LogP contribution is -2.30. The Bertz CT molecular complexity index is 151. The lowest BCUT2D eigenvalue weighted by Gasteiger charge is -2.20. The zero-order chi connectivity index (χ0) is 9.90. The Morgan fingerprint density at radius 2 is 2.00 bits per heavy atom. The molecule has 0 aromatic carbocycles. The summed E-state index contributed by atoms with van der Waals surface area (Å²) in [6.07, 6.45) is 3.17. The van der Waals surface area contributed by atoms with E-state index < -0.39 is 0 Å². The lowest BCUT2D eigenvalue weighted by molar-refractivity contribution is 0.177. The Morgan fingerprint density at radius 1 is 1.31 bits per heavy atom. The molecule has 0 radical (unpaired) electrons. The van der Waals surface area contributed by atoms with E-state index in [0.717, 1.165) is 25.9 Å². The van der Waals surface area contributed by atoms with Crippen LogP contribution in [-0.2, 0) is 0 Å². The molecule has 78 valence electrons. The molecule has 2 atom stereocenters. The molecule has 0 amide bonds. The van der Waals surface area contributed by atoms with Crippen LogP contribution in [0.5, 0.6) is 0 Å². The van der Waals surface area contributed by atoms with Crippen LogP contribution in [0.2, 0.25) is 0 Å². The third-order valence-electron chi connectivity index (χ3n) is 2.60. The summed E-state index contributed by atoms with van der Waals surface area (Å²) in [6, 6.07) is 0. The van der Waals surface area contributed by atoms with Gasteiger partial charge in [0.25, 0.3) is 0 Å². The van der Waals surface area contributed by atoms with Crippen LogP contribution in [0, 0.1) is 11.3 Å². The molecule has 0 saturated heterocycles. The number of hydrogen-bond donors (Lipinski definition) is 2. The Kier molecular flexibility index (Phi) is 3.74. The molecule has 13 heavy (non-hydrogen) atoms. The fourth-order valence-corrected chi connectivity index (χ4v) is 1.89. The van der Waals surface area contributed by atoms with Gasteiger partial charge in [-0.05, 0) is 43.7 Å². The van der Waals surface area contributed by atoms with E-state index in [1.165, 1.54) is 6.42 Å². The molecule has 1 aliphatic carbocycles. The molecule has 1 saturated carbocycles. The van der Waals surface area contributed by atoms with Crippen LogP contribution in [0.15, 0.2) is 0 Å². The van der Waals surface area contributed by atoms with Gasteiger partial charge < -0.3 is 10.4 Å². The maximum Gasteiger partial charge on any atom is 0.0543 e. The zero-order valence-electron chi connectivity index (χ0n) is 9.14. The van der Waals surface area contributed by atoms with E-state index in [4.69, 9.17) is 0 Å². The molecule has 2 nitrogen and oxygen atoms in total. The molecule has 2 unspecified atom stereocenters. The molecule has 0 heterocycles. The summed E-state index contributed by atoms with van der Waals surface area (Å²) in [5.74, 6) is 0.706. The molecule has 0 aromatic heterocycles. The van der Waals surface area contributed by atoms with E-state index >= 15 is 0 Å². The van der Waals surface area contributed by atoms with Crippen LogP contribution in [0.25, 0.3) is 0 Å². The van der Waals surface area contributed by atoms with E-state index in [1.54, 1.807) is 0 Å². The first-order valence-corrected chi connectivity index (χ1v) is 5.36. The summed E-state index contributed by atoms with van der Waals surface area (Å²) in [4.78, 5) is 0. The van der Waals surface area contributed by atoms with Crippen LogP contribution in [0.4, 0.5) is 0 Å². The second-order valence-corrected chi connectivity index (χ2v) is 5.52. The van der Waals surface area contributed by atoms with Crippen molar-refractivity contribution in [2.45, 2.75) is 46.1 Å². The summed E-state index contributed by atoms with van der Waals surface area (Å²) in [6.45, 7) is 8.87. The van der Waals surface area contributed by atoms with Gasteiger partial charge in [0.2, 0.25) is 0 Å². The van der Waals surface area contributed by atoms with E-state index in [0.29, 0.717) is 11.3 Å². The highest BCUT2D eigenvalue weighted by Crippen LogP contribution is 2.24. The van der Waals surface area contributed by atoms with Crippen molar-refractivity contribution in [3.63, 3.8) is 0 Å². The van der Waals surface area contributed by atoms with Crippen molar-refractivity contribution >= 4 is 0 Å². The van der Waals surface area contributed by atoms with Crippen LogP contribution >= 0.6 is 0 Å². The fourth-order valence-electron chi connectivity index (χ4n) is 1.89. The third-order valence-corrected chi connectivity index (χ3v) is 2.60. The number of aliphatic hydroxyl groups is 1. The minimum atomic E-state index is -0.0264. The second kappa shape index (κ2) is 4.43. The maximum atomic E-state index is 9.33. The molecule has 0 bridgehead atoms. The van der Waals surface area contributed by atoms with Crippen molar-refractivity contribution in [2.75, 3.05) is 13.1 Å². The molecule has 0 aromatic rings. The van der Waals surface area contributed by atoms with Crippen molar-refractivity contribution < 1.29 is 5.11 Å². The molecule has 1 rings (SSSR count). The van der Waals surface area contributed by atoms with Gasteiger partial charge in [-0.25, -0.2) is 0 Å². The van der Waals surface area contributed by atoms with E-state index in [1.807, 2.05) is 0 Å². The van der Waals surface area contributed by atoms with Gasteiger partial charge in [0.1, 0.15) is 0 Å². The van der Waals surface area contributed by atoms with Crippen molar-refractivity contribution in [2.24, 2.45) is 11.3 Å². The average molecular weight is 185 g/mol. The predicted molar refractivity (Wildman–Crippen MR) is 55.7 cm³/mol. The van der Waals surface area contributed by atoms with Crippen LogP contribution in [0.1, 0.15) is 40.0 Å². The van der Waals surface area contributed by atoms with Crippen molar-refractivity contribution in [1.29, 1.82) is 0 Å². The Labute approximate surface area is 81.7 Å². The highest BCUT2D eigenvalue weighted by Gasteiger charge is 2.22. The van der Waals surface area contributed by atoms with Gasteiger partial charge in [-0.15, -0.1) is 0 Å². The Balaban J connectivity index is 2.07. The SMILES string of the molecule is CC(C)(C)CNCC1CCC(O)C1. The van der Waals surface area contributed by atoms with Crippen molar-refractivity contribution in [1.82, 2.24) is 5.32 Å². The highest BCUT2D eigenvalue weighted by atomic mass is 16.3. The molecule has 0 spiro atoms. The number of nitrogens with one attached hydrogen (secondary N) is 1. The first-order valence-electron chi connectivity index (χ1n) is 5.36. The van der Waals surface area contributed by atoms with Crippen molar-refractivity contribution in [3.8, 4) is 0 Å². The van der Waals surface area contributed by atoms with Gasteiger partial charge >= 0.3 is 0 Å². The fraction of sp³-hybridized carbons (Fsp3) is 1.00. The first-order chi connectivity index (χ1) is 5.97. The number of aliphatic hydroxyl groups excluding tert-OH is 1. The average Bonchev–Trinajstić information content (AvgIpc) is 2.33. The summed E-state index contributed by atoms with van der Waals surface area (Å²) in [5.41, 5.74) is 0.372. The summed E-state index contributed by atoms with van der Waals surface area (Å²) in [5, 5.41) is 12.8. The molecule has 2 heteroatoms. The largest absolute Gasteiger partial charge is 0.393 e. The zero-order valence-corrected chi connectivity index (χ0v) is 9.14. The van der Waals surface area contributed by atoms with Gasteiger partial charge in [-0.1, -0.05) is 20.8 Å². The Morgan fingerprint density at radius 3 is 2.46 bits per heavy atom. The van der Waals surface area contributed by atoms with E-state index in [-0.39, 0.29) is 6.10 Å². The normalized spacial score (nSPS) is 29.5. The predicted octanol–water partition coefficient (Wildman–Crippen LogP) is 1.78. The lowest BCUT2D eigenvalue weighted by atomic mass is 9.96. The Hall–Kier alpha value is -0.0800. The highest BCUT2D eigenvalue weighted by molar-refractivity contribution is 4.77. The summed E-state index contributed by atoms with van der Waals surface area (Å²) < 4.78 is 0. The van der Waals surface area contributed by atoms with E-state index in [9.17, 15) is 5.11 Å². The van der Waals surface area contributed by atoms with Crippen LogP contribution in [-0.4, -0.2) is 24.3 Å². The van der Waals surface area contributed by atoms with E-state index in [2.05, 4.69) is 26.1 Å².